The Morgan fingerprint density at radius 1 is 1.38 bits per heavy atom. The van der Waals surface area contributed by atoms with Crippen LogP contribution in [0.2, 0.25) is 5.02 Å². The molecule has 90 valence electrons. The second-order valence-electron chi connectivity index (χ2n) is 3.95. The van der Waals surface area contributed by atoms with E-state index in [1.807, 2.05) is 24.9 Å². The molecular formula is C12H19ClN2S. The molecule has 0 aromatic heterocycles. The Morgan fingerprint density at radius 2 is 2.12 bits per heavy atom. The lowest BCUT2D eigenvalue weighted by Gasteiger charge is -2.10. The third-order valence-corrected chi connectivity index (χ3v) is 3.65. The van der Waals surface area contributed by atoms with Crippen LogP contribution in [0.5, 0.6) is 0 Å². The van der Waals surface area contributed by atoms with E-state index in [1.165, 1.54) is 10.5 Å². The molecule has 0 unspecified atom stereocenters. The van der Waals surface area contributed by atoms with Crippen molar-refractivity contribution in [1.29, 1.82) is 0 Å². The highest BCUT2D eigenvalue weighted by atomic mass is 35.5. The zero-order chi connectivity index (χ0) is 12.0. The highest BCUT2D eigenvalue weighted by Gasteiger charge is 2.02. The van der Waals surface area contributed by atoms with Crippen LogP contribution in [-0.2, 0) is 6.54 Å². The van der Waals surface area contributed by atoms with Crippen LogP contribution in [0.1, 0.15) is 5.56 Å². The van der Waals surface area contributed by atoms with Gasteiger partial charge in [-0.15, -0.1) is 11.8 Å². The Bertz CT molecular complexity index is 329. The summed E-state index contributed by atoms with van der Waals surface area (Å²) in [6, 6.07) is 6.27. The Morgan fingerprint density at radius 3 is 2.69 bits per heavy atom. The van der Waals surface area contributed by atoms with Crippen LogP contribution in [-0.4, -0.2) is 38.3 Å². The van der Waals surface area contributed by atoms with E-state index in [0.717, 1.165) is 23.9 Å². The van der Waals surface area contributed by atoms with Crippen molar-refractivity contribution in [2.45, 2.75) is 11.4 Å². The molecule has 0 saturated heterocycles. The molecule has 0 aliphatic carbocycles. The highest BCUT2D eigenvalue weighted by Crippen LogP contribution is 2.27. The normalized spacial score (nSPS) is 11.1. The molecule has 0 spiro atoms. The number of nitrogens with zero attached hydrogens (tertiary/aromatic N) is 1. The zero-order valence-corrected chi connectivity index (χ0v) is 11.7. The summed E-state index contributed by atoms with van der Waals surface area (Å²) < 4.78 is 0. The van der Waals surface area contributed by atoms with Gasteiger partial charge in [-0.05, 0) is 38.8 Å². The van der Waals surface area contributed by atoms with E-state index in [2.05, 4.69) is 36.4 Å². The molecule has 0 atom stereocenters. The van der Waals surface area contributed by atoms with Gasteiger partial charge in [0.05, 0.1) is 5.02 Å². The summed E-state index contributed by atoms with van der Waals surface area (Å²) in [6.07, 6.45) is 0. The van der Waals surface area contributed by atoms with E-state index >= 15 is 0 Å². The highest BCUT2D eigenvalue weighted by molar-refractivity contribution is 7.99. The van der Waals surface area contributed by atoms with Gasteiger partial charge in [0.25, 0.3) is 0 Å². The van der Waals surface area contributed by atoms with Crippen LogP contribution in [0.15, 0.2) is 23.1 Å². The summed E-state index contributed by atoms with van der Waals surface area (Å²) in [6.45, 7) is 1.93. The molecule has 0 radical (unpaired) electrons. The summed E-state index contributed by atoms with van der Waals surface area (Å²) in [4.78, 5) is 3.35. The molecule has 0 bridgehead atoms. The summed E-state index contributed by atoms with van der Waals surface area (Å²) >= 11 is 8.03. The first-order valence-corrected chi connectivity index (χ1v) is 6.70. The quantitative estimate of drug-likeness (QED) is 0.790. The van der Waals surface area contributed by atoms with E-state index in [0.29, 0.717) is 0 Å². The van der Waals surface area contributed by atoms with E-state index < -0.39 is 0 Å². The van der Waals surface area contributed by atoms with Gasteiger partial charge in [0.1, 0.15) is 0 Å². The molecule has 1 aromatic carbocycles. The van der Waals surface area contributed by atoms with Crippen LogP contribution in [0, 0.1) is 0 Å². The first-order chi connectivity index (χ1) is 7.63. The van der Waals surface area contributed by atoms with Crippen molar-refractivity contribution in [2.75, 3.05) is 33.4 Å². The predicted octanol–water partition coefficient (Wildman–Crippen LogP) is 2.71. The minimum Gasteiger partial charge on any atom is -0.316 e. The molecule has 0 aliphatic heterocycles. The summed E-state index contributed by atoms with van der Waals surface area (Å²) in [5.74, 6) is 1.07. The lowest BCUT2D eigenvalue weighted by atomic mass is 10.2. The van der Waals surface area contributed by atoms with Crippen molar-refractivity contribution >= 4 is 23.4 Å². The van der Waals surface area contributed by atoms with E-state index in [1.54, 1.807) is 0 Å². The fourth-order valence-corrected chi connectivity index (χ4v) is 2.72. The van der Waals surface area contributed by atoms with Crippen LogP contribution in [0.3, 0.4) is 0 Å². The summed E-state index contributed by atoms with van der Waals surface area (Å²) in [5, 5.41) is 3.97. The third-order valence-electron chi connectivity index (χ3n) is 2.17. The summed E-state index contributed by atoms with van der Waals surface area (Å²) in [5.41, 5.74) is 1.23. The van der Waals surface area contributed by atoms with Crippen LogP contribution in [0.25, 0.3) is 0 Å². The van der Waals surface area contributed by atoms with E-state index in [9.17, 15) is 0 Å². The topological polar surface area (TPSA) is 15.3 Å². The molecule has 16 heavy (non-hydrogen) atoms. The van der Waals surface area contributed by atoms with Crippen molar-refractivity contribution in [2.24, 2.45) is 0 Å². The maximum absolute atomic E-state index is 6.22. The SMILES string of the molecule is CNCc1ccc(SCCN(C)C)c(Cl)c1. The lowest BCUT2D eigenvalue weighted by molar-refractivity contribution is 0.437. The maximum Gasteiger partial charge on any atom is 0.0545 e. The second-order valence-corrected chi connectivity index (χ2v) is 5.49. The van der Waals surface area contributed by atoms with Crippen LogP contribution >= 0.6 is 23.4 Å². The number of hydrogen-bond acceptors (Lipinski definition) is 3. The van der Waals surface area contributed by atoms with Gasteiger partial charge in [0.2, 0.25) is 0 Å². The molecule has 2 nitrogen and oxygen atoms in total. The molecule has 4 heteroatoms. The van der Waals surface area contributed by atoms with Crippen molar-refractivity contribution < 1.29 is 0 Å². The van der Waals surface area contributed by atoms with Crippen molar-refractivity contribution in [3.05, 3.63) is 28.8 Å². The first kappa shape index (κ1) is 13.8. The maximum atomic E-state index is 6.22. The zero-order valence-electron chi connectivity index (χ0n) is 10.1. The average Bonchev–Trinajstić information content (AvgIpc) is 2.21. The molecule has 0 fully saturated rings. The fraction of sp³-hybridized carbons (Fsp3) is 0.500. The van der Waals surface area contributed by atoms with Gasteiger partial charge >= 0.3 is 0 Å². The standard InChI is InChI=1S/C12H19ClN2S/c1-14-9-10-4-5-12(11(13)8-10)16-7-6-15(2)3/h4-5,8,14H,6-7,9H2,1-3H3. The van der Waals surface area contributed by atoms with Crippen molar-refractivity contribution in [3.8, 4) is 0 Å². The minimum atomic E-state index is 0.858. The Balaban J connectivity index is 2.54. The second kappa shape index (κ2) is 7.17. The number of halogens is 1. The Hall–Kier alpha value is -0.220. The number of thioether (sulfide) groups is 1. The monoisotopic (exact) mass is 258 g/mol. The van der Waals surface area contributed by atoms with Crippen LogP contribution < -0.4 is 5.32 Å². The number of benzene rings is 1. The smallest absolute Gasteiger partial charge is 0.0545 e. The van der Waals surface area contributed by atoms with Gasteiger partial charge in [-0.1, -0.05) is 17.7 Å². The van der Waals surface area contributed by atoms with Gasteiger partial charge in [0.15, 0.2) is 0 Å². The van der Waals surface area contributed by atoms with Crippen molar-refractivity contribution in [1.82, 2.24) is 10.2 Å². The van der Waals surface area contributed by atoms with Crippen molar-refractivity contribution in [3.63, 3.8) is 0 Å². The van der Waals surface area contributed by atoms with E-state index in [4.69, 9.17) is 11.6 Å². The Kier molecular flexibility index (Phi) is 6.21. The fourth-order valence-electron chi connectivity index (χ4n) is 1.31. The largest absolute Gasteiger partial charge is 0.316 e. The van der Waals surface area contributed by atoms with Gasteiger partial charge in [-0.3, -0.25) is 0 Å². The number of nitrogens with one attached hydrogen (secondary N) is 1. The summed E-state index contributed by atoms with van der Waals surface area (Å²) in [7, 11) is 6.10. The number of rotatable bonds is 6. The molecule has 0 saturated carbocycles. The third kappa shape index (κ3) is 4.74. The molecule has 1 N–H and O–H groups in total. The van der Waals surface area contributed by atoms with Gasteiger partial charge < -0.3 is 10.2 Å². The van der Waals surface area contributed by atoms with Gasteiger partial charge in [0, 0.05) is 23.7 Å². The predicted molar refractivity (Wildman–Crippen MR) is 73.5 cm³/mol. The average molecular weight is 259 g/mol. The lowest BCUT2D eigenvalue weighted by Crippen LogP contribution is -2.14. The molecular weight excluding hydrogens is 240 g/mol. The van der Waals surface area contributed by atoms with Gasteiger partial charge in [-0.2, -0.15) is 0 Å². The Labute approximate surface area is 107 Å². The minimum absolute atomic E-state index is 0.858. The molecule has 0 amide bonds. The van der Waals surface area contributed by atoms with Crippen LogP contribution in [0.4, 0.5) is 0 Å². The number of hydrogen-bond donors (Lipinski definition) is 1. The van der Waals surface area contributed by atoms with E-state index in [-0.39, 0.29) is 0 Å². The molecule has 1 aromatic rings. The van der Waals surface area contributed by atoms with Gasteiger partial charge in [-0.25, -0.2) is 0 Å². The first-order valence-electron chi connectivity index (χ1n) is 5.34. The molecule has 0 aliphatic rings. The molecule has 1 rings (SSSR count). The molecule has 0 heterocycles.